The normalized spacial score (nSPS) is 26.0. The number of phenolic OH excluding ortho intramolecular Hbond substituents is 3. The molecule has 7 heterocycles. The standard InChI is InChI=1S/C90H115ClN12O27S/c1-8-9-10-13-16-45-17-24-51(25-18-45)131(123,124)95-30-15-12-11-14-29-94-40-54-59(106)37-53-67(75(54)110)52-33-46(19-26-58(52)105)68-83(116)102-72(86(119)100-70(53)87(120)121)74(109)48-21-28-61(55(91)34-48)127-63-36-49-35-62(78(63)130-88-79(77(112)76(111)64(41-104)128-88)129-66-39-90(6,80(113)44(5)125-66)103-89(122)96-50-22-23-50)126-60-27-20-47(32-43(60)4)73(108)71(101-81(114)56(93-7)31-42(2)3)85(118)97-57(38-65(92)107)82(115)98-69(49)84(117)99-68/h17-21,24-28,32-37,42,44,50,56-57,64,66,68-74,76-77,79-80,88,93-95,104-106,108-113H,8-16,22-23,29-31,38-41H2,1-7H3,(H2,92,107)(H,97,118)(H,98,115)(H,99,117)(H,100,119)(H,101,114)(H,102,116)(H,120,121)(H2,96,103,122)/t44-,56+,57-,64+,66-,68+,69+,70-,71+,72-,73+,74+,76+,77-,79+,80+,88-,90-/m0/s1. The number of hydrogen-bond donors (Lipinski definition) is 22. The molecule has 2 saturated heterocycles. The molecule has 18 atom stereocenters. The third-order valence-corrected chi connectivity index (χ3v) is 25.8. The largest absolute Gasteiger partial charge is 0.507 e. The SMILES string of the molecule is CCCCCCc1ccc(S(=O)(=O)NCCCCCCNCc2c(O)cc3c(c2O)-c2cc(ccc2O)[C@H]2NC(=O)[C@@H]4NC(=O)[C@H](CC(N)=O)NC(=O)[C@H](NC(=O)[C@@H](CC(C)C)NC)[C@H](O)c5ccc(c(C)c5)Oc5cc4cc(c5O[C@@H]4O[C@H](CO)[C@@H](O)[C@H](O)[C@H]4O[C@H]4C[C@](C)(NC(=O)NC5CC5)[C@H](O)[C@H](C)O4)Oc4ccc(cc4Cl)[C@@H](O)[C@H](NC2=O)C(=O)N[C@@H]3C(=O)O)cc1. The second kappa shape index (κ2) is 43.1. The van der Waals surface area contributed by atoms with Crippen molar-refractivity contribution < 1.29 is 131 Å². The number of sulfonamides is 1. The molecule has 131 heavy (non-hydrogen) atoms. The number of aliphatic carboxylic acids is 1. The summed E-state index contributed by atoms with van der Waals surface area (Å²) < 4.78 is 68.4. The molecule has 6 aromatic carbocycles. The van der Waals surface area contributed by atoms with Gasteiger partial charge in [-0.1, -0.05) is 94.8 Å². The first-order chi connectivity index (χ1) is 62.3. The quantitative estimate of drug-likeness (QED) is 0.0273. The van der Waals surface area contributed by atoms with Gasteiger partial charge in [0.1, 0.15) is 95.6 Å². The molecular formula is C90H115ClN12O27S. The predicted molar refractivity (Wildman–Crippen MR) is 469 cm³/mol. The van der Waals surface area contributed by atoms with Gasteiger partial charge in [-0.3, -0.25) is 33.6 Å². The van der Waals surface area contributed by atoms with Gasteiger partial charge in [0.25, 0.3) is 0 Å². The van der Waals surface area contributed by atoms with E-state index in [1.54, 1.807) is 12.1 Å². The summed E-state index contributed by atoms with van der Waals surface area (Å²) in [6.07, 6.45) is -10.7. The van der Waals surface area contributed by atoms with Crippen molar-refractivity contribution in [3.05, 3.63) is 147 Å². The van der Waals surface area contributed by atoms with E-state index in [4.69, 9.17) is 45.8 Å². The number of urea groups is 1. The number of likely N-dealkylation sites (N-methyl/N-ethyl adjacent to an activating group) is 1. The summed E-state index contributed by atoms with van der Waals surface area (Å²) in [5.74, 6) is -15.9. The van der Waals surface area contributed by atoms with Gasteiger partial charge in [0.2, 0.25) is 63.4 Å². The van der Waals surface area contributed by atoms with Gasteiger partial charge >= 0.3 is 12.0 Å². The van der Waals surface area contributed by atoms with Crippen LogP contribution in [-0.4, -0.2) is 225 Å². The minimum Gasteiger partial charge on any atom is -0.507 e. The average Bonchev–Trinajstić information content (AvgIpc) is 1.35. The Morgan fingerprint density at radius 1 is 0.695 bits per heavy atom. The van der Waals surface area contributed by atoms with Crippen LogP contribution in [0.25, 0.3) is 11.1 Å². The van der Waals surface area contributed by atoms with Gasteiger partial charge in [-0.25, -0.2) is 22.7 Å². The Hall–Kier alpha value is -11.1. The molecule has 39 nitrogen and oxygen atoms in total. The van der Waals surface area contributed by atoms with Crippen molar-refractivity contribution >= 4 is 75.0 Å². The zero-order valence-corrected chi connectivity index (χ0v) is 74.8. The highest BCUT2D eigenvalue weighted by molar-refractivity contribution is 7.89. The van der Waals surface area contributed by atoms with Crippen LogP contribution >= 0.6 is 11.6 Å². The first kappa shape index (κ1) is 98.9. The number of fused-ring (bicyclic) bond motifs is 15. The number of carbonyl (C=O) groups excluding carboxylic acids is 8. The highest BCUT2D eigenvalue weighted by Crippen LogP contribution is 2.51. The predicted octanol–water partition coefficient (Wildman–Crippen LogP) is 4.02. The number of aryl methyl sites for hydroxylation is 2. The van der Waals surface area contributed by atoms with E-state index in [0.29, 0.717) is 25.7 Å². The molecule has 7 aliphatic heterocycles. The molecule has 0 aromatic heterocycles. The van der Waals surface area contributed by atoms with Gasteiger partial charge < -0.3 is 138 Å². The van der Waals surface area contributed by atoms with Crippen LogP contribution in [0, 0.1) is 12.8 Å². The van der Waals surface area contributed by atoms with Crippen LogP contribution in [-0.2, 0) is 75.6 Å². The molecule has 6 aromatic rings. The van der Waals surface area contributed by atoms with Gasteiger partial charge in [-0.15, -0.1) is 0 Å². The number of carboxylic acid groups (broad SMARTS) is 1. The summed E-state index contributed by atoms with van der Waals surface area (Å²) in [4.78, 5) is 134. The van der Waals surface area contributed by atoms with E-state index in [-0.39, 0.29) is 82.9 Å². The lowest BCUT2D eigenvalue weighted by atomic mass is 9.85. The molecule has 9 amide bonds. The fourth-order valence-electron chi connectivity index (χ4n) is 16.6. The summed E-state index contributed by atoms with van der Waals surface area (Å²) in [5.41, 5.74) is 2.34. The van der Waals surface area contributed by atoms with E-state index in [1.807, 2.05) is 26.0 Å². The van der Waals surface area contributed by atoms with Gasteiger partial charge in [0.15, 0.2) is 29.9 Å². The summed E-state index contributed by atoms with van der Waals surface area (Å²) >= 11 is 7.21. The second-order valence-corrected chi connectivity index (χ2v) is 36.7. The van der Waals surface area contributed by atoms with Crippen LogP contribution in [0.15, 0.2) is 102 Å². The third kappa shape index (κ3) is 23.7. The molecule has 0 spiro atoms. The maximum Gasteiger partial charge on any atom is 0.330 e. The molecule has 41 heteroatoms. The van der Waals surface area contributed by atoms with Crippen LogP contribution in [0.1, 0.15) is 193 Å². The maximum atomic E-state index is 16.5. The van der Waals surface area contributed by atoms with Crippen molar-refractivity contribution in [2.45, 2.75) is 258 Å². The molecule has 23 N–H and O–H groups in total. The first-order valence-electron chi connectivity index (χ1n) is 43.7. The van der Waals surface area contributed by atoms with E-state index in [9.17, 15) is 78.7 Å². The number of aliphatic hydroxyl groups is 6. The van der Waals surface area contributed by atoms with E-state index in [2.05, 4.69) is 64.8 Å². The molecule has 14 rings (SSSR count). The number of rotatable bonds is 31. The lowest BCUT2D eigenvalue weighted by Crippen LogP contribution is -2.67. The van der Waals surface area contributed by atoms with Gasteiger partial charge in [0, 0.05) is 42.2 Å². The number of nitrogens with two attached hydrogens (primary N) is 1. The number of unbranched alkanes of at least 4 members (excludes halogenated alkanes) is 6. The molecule has 8 aliphatic rings. The van der Waals surface area contributed by atoms with Crippen LogP contribution in [0.3, 0.4) is 0 Å². The third-order valence-electron chi connectivity index (χ3n) is 24.0. The van der Waals surface area contributed by atoms with Gasteiger partial charge in [0.05, 0.1) is 46.2 Å². The lowest BCUT2D eigenvalue weighted by molar-refractivity contribution is -0.334. The van der Waals surface area contributed by atoms with Crippen molar-refractivity contribution in [1.82, 2.24) is 57.9 Å². The van der Waals surface area contributed by atoms with Crippen LogP contribution in [0.2, 0.25) is 5.02 Å². The second-order valence-electron chi connectivity index (χ2n) is 34.5. The Balaban J connectivity index is 0.972. The highest BCUT2D eigenvalue weighted by atomic mass is 35.5. The van der Waals surface area contributed by atoms with Crippen molar-refractivity contribution in [3.63, 3.8) is 0 Å². The molecule has 710 valence electrons. The Labute approximate surface area is 760 Å². The van der Waals surface area contributed by atoms with E-state index < -0.39 is 253 Å². The minimum absolute atomic E-state index is 0.0556. The number of phenols is 3. The summed E-state index contributed by atoms with van der Waals surface area (Å²) in [5, 5.41) is 146. The number of amides is 9. The molecule has 11 bridgehead atoms. The number of halogens is 1. The fraction of sp³-hybridized carbons (Fsp3) is 0.500. The summed E-state index contributed by atoms with van der Waals surface area (Å²) in [7, 11) is -2.32. The topological polar surface area (TPSA) is 604 Å². The number of aliphatic hydroxyl groups excluding tert-OH is 6. The molecule has 1 aliphatic carbocycles. The summed E-state index contributed by atoms with van der Waals surface area (Å²) in [6, 6.07) is 4.97. The number of carboxylic acids is 1. The average molecular weight is 1860 g/mol. The molecule has 1 saturated carbocycles. The number of primary amides is 1. The van der Waals surface area contributed by atoms with Crippen LogP contribution in [0.5, 0.6) is 46.0 Å². The maximum absolute atomic E-state index is 16.5. The molecule has 3 fully saturated rings. The van der Waals surface area contributed by atoms with Gasteiger partial charge in [-0.2, -0.15) is 0 Å². The number of aromatic hydroxyl groups is 3. The fourth-order valence-corrected chi connectivity index (χ4v) is 17.9. The van der Waals surface area contributed by atoms with Crippen LogP contribution < -0.4 is 77.8 Å². The van der Waals surface area contributed by atoms with Crippen molar-refractivity contribution in [2.24, 2.45) is 11.7 Å². The number of hydrogen-bond acceptors (Lipinski definition) is 28. The molecule has 0 unspecified atom stereocenters. The Morgan fingerprint density at radius 3 is 1.99 bits per heavy atom. The number of carbonyl (C=O) groups is 9. The van der Waals surface area contributed by atoms with E-state index >= 15 is 24.0 Å². The van der Waals surface area contributed by atoms with E-state index in [1.165, 1.54) is 46.0 Å². The zero-order valence-electron chi connectivity index (χ0n) is 73.2. The minimum atomic E-state index is -3.80. The van der Waals surface area contributed by atoms with Crippen LogP contribution in [0.4, 0.5) is 4.79 Å². The number of nitrogens with one attached hydrogen (secondary N) is 11. The molecular weight excluding hydrogens is 1750 g/mol. The zero-order chi connectivity index (χ0) is 94.8. The summed E-state index contributed by atoms with van der Waals surface area (Å²) in [6.45, 7) is 9.30. The Kier molecular flexibility index (Phi) is 32.5. The smallest absolute Gasteiger partial charge is 0.330 e. The van der Waals surface area contributed by atoms with Crippen molar-refractivity contribution in [2.75, 3.05) is 26.7 Å². The lowest BCUT2D eigenvalue weighted by Gasteiger charge is -2.48. The Bertz CT molecular complexity index is 5330. The van der Waals surface area contributed by atoms with E-state index in [0.717, 1.165) is 105 Å². The highest BCUT2D eigenvalue weighted by Gasteiger charge is 2.53. The monoisotopic (exact) mass is 1860 g/mol. The van der Waals surface area contributed by atoms with Gasteiger partial charge in [-0.05, 0) is 185 Å². The molecule has 0 radical (unpaired) electrons. The number of benzene rings is 6. The van der Waals surface area contributed by atoms with Crippen molar-refractivity contribution in [1.29, 1.82) is 0 Å². The Morgan fingerprint density at radius 2 is 1.34 bits per heavy atom. The van der Waals surface area contributed by atoms with Crippen molar-refractivity contribution in [3.8, 4) is 57.1 Å². The first-order valence-corrected chi connectivity index (χ1v) is 45.5. The number of ether oxygens (including phenoxy) is 6.